The molecule has 0 bridgehead atoms. The summed E-state index contributed by atoms with van der Waals surface area (Å²) in [6.07, 6.45) is 0.339. The zero-order chi connectivity index (χ0) is 10.8. The Hall–Kier alpha value is -1.35. The summed E-state index contributed by atoms with van der Waals surface area (Å²) in [5.41, 5.74) is 0.970. The van der Waals surface area contributed by atoms with Crippen LogP contribution >= 0.6 is 0 Å². The Morgan fingerprint density at radius 3 is 2.21 bits per heavy atom. The lowest BCUT2D eigenvalue weighted by atomic mass is 10.1. The highest BCUT2D eigenvalue weighted by Gasteiger charge is 1.95. The average molecular weight is 195 g/mol. The average Bonchev–Trinajstić information content (AvgIpc) is 2.21. The largest absolute Gasteiger partial charge is 0.389 e. The van der Waals surface area contributed by atoms with Crippen molar-refractivity contribution >= 4 is 6.41 Å². The van der Waals surface area contributed by atoms with Crippen molar-refractivity contribution in [1.29, 1.82) is 0 Å². The minimum Gasteiger partial charge on any atom is -0.389 e. The third-order valence-corrected chi connectivity index (χ3v) is 1.57. The van der Waals surface area contributed by atoms with E-state index in [0.717, 1.165) is 12.1 Å². The Morgan fingerprint density at radius 2 is 2.00 bits per heavy atom. The van der Waals surface area contributed by atoms with E-state index in [1.807, 2.05) is 37.3 Å². The monoisotopic (exact) mass is 195 g/mol. The molecule has 1 amide bonds. The molecule has 0 saturated carbocycles. The van der Waals surface area contributed by atoms with Crippen molar-refractivity contribution in [3.63, 3.8) is 0 Å². The van der Waals surface area contributed by atoms with Gasteiger partial charge in [0.1, 0.15) is 0 Å². The fourth-order valence-corrected chi connectivity index (χ4v) is 0.815. The highest BCUT2D eigenvalue weighted by atomic mass is 16.3. The van der Waals surface area contributed by atoms with Crippen LogP contribution in [-0.4, -0.2) is 18.1 Å². The molecule has 3 nitrogen and oxygen atoms in total. The van der Waals surface area contributed by atoms with Crippen LogP contribution in [0.25, 0.3) is 0 Å². The molecule has 1 aromatic carbocycles. The highest BCUT2D eigenvalue weighted by Crippen LogP contribution is 2.08. The molecule has 78 valence electrons. The molecule has 0 spiro atoms. The van der Waals surface area contributed by atoms with Gasteiger partial charge in [-0.25, -0.2) is 0 Å². The summed E-state index contributed by atoms with van der Waals surface area (Å²) in [7, 11) is 0. The molecule has 1 atom stereocenters. The van der Waals surface area contributed by atoms with Gasteiger partial charge in [-0.05, 0) is 19.4 Å². The number of nitrogens with one attached hydrogen (secondary N) is 1. The van der Waals surface area contributed by atoms with Gasteiger partial charge in [-0.2, -0.15) is 0 Å². The Kier molecular flexibility index (Phi) is 7.46. The molecule has 3 heteroatoms. The zero-order valence-electron chi connectivity index (χ0n) is 8.60. The number of rotatable bonds is 3. The minimum absolute atomic E-state index is 0.341. The lowest BCUT2D eigenvalue weighted by Gasteiger charge is -2.00. The second-order valence-corrected chi connectivity index (χ2v) is 2.76. The van der Waals surface area contributed by atoms with Crippen LogP contribution in [0, 0.1) is 0 Å². The first kappa shape index (κ1) is 12.7. The van der Waals surface area contributed by atoms with Gasteiger partial charge in [0.05, 0.1) is 6.10 Å². The van der Waals surface area contributed by atoms with Crippen LogP contribution in [0.1, 0.15) is 25.5 Å². The van der Waals surface area contributed by atoms with Crippen molar-refractivity contribution in [3.8, 4) is 0 Å². The van der Waals surface area contributed by atoms with Crippen LogP contribution in [0.3, 0.4) is 0 Å². The second kappa shape index (κ2) is 8.26. The topological polar surface area (TPSA) is 49.3 Å². The summed E-state index contributed by atoms with van der Waals surface area (Å²) in [6, 6.07) is 9.59. The van der Waals surface area contributed by atoms with Gasteiger partial charge in [-0.3, -0.25) is 4.79 Å². The Labute approximate surface area is 84.8 Å². The number of benzene rings is 1. The maximum absolute atomic E-state index is 9.29. The van der Waals surface area contributed by atoms with Crippen LogP contribution in [0.5, 0.6) is 0 Å². The van der Waals surface area contributed by atoms with Gasteiger partial charge >= 0.3 is 0 Å². The molecule has 1 aromatic rings. The quantitative estimate of drug-likeness (QED) is 0.718. The summed E-state index contributed by atoms with van der Waals surface area (Å²) >= 11 is 0. The normalized spacial score (nSPS) is 10.8. The van der Waals surface area contributed by atoms with Gasteiger partial charge in [0, 0.05) is 6.54 Å². The van der Waals surface area contributed by atoms with Crippen molar-refractivity contribution in [2.24, 2.45) is 0 Å². The van der Waals surface area contributed by atoms with E-state index in [-0.39, 0.29) is 6.10 Å². The van der Waals surface area contributed by atoms with Crippen LogP contribution < -0.4 is 5.32 Å². The number of amides is 1. The van der Waals surface area contributed by atoms with Gasteiger partial charge < -0.3 is 10.4 Å². The van der Waals surface area contributed by atoms with E-state index in [0.29, 0.717) is 6.41 Å². The third-order valence-electron chi connectivity index (χ3n) is 1.57. The molecular formula is C11H17NO2. The molecule has 0 aliphatic rings. The number of carbonyl (C=O) groups excluding carboxylic acids is 1. The Bertz CT molecular complexity index is 234. The standard InChI is InChI=1S/C8H10O.C3H7NO/c1-7(9)8-5-3-2-4-6-8;1-2-4-3-5/h2-7,9H,1H3;3H,2H2,1H3,(H,4,5). The fourth-order valence-electron chi connectivity index (χ4n) is 0.815. The number of hydrogen-bond donors (Lipinski definition) is 2. The van der Waals surface area contributed by atoms with Gasteiger partial charge in [0.15, 0.2) is 0 Å². The molecule has 0 saturated heterocycles. The molecule has 0 radical (unpaired) electrons. The van der Waals surface area contributed by atoms with Gasteiger partial charge in [-0.1, -0.05) is 30.3 Å². The van der Waals surface area contributed by atoms with Gasteiger partial charge in [-0.15, -0.1) is 0 Å². The molecule has 0 aliphatic heterocycles. The lowest BCUT2D eigenvalue weighted by molar-refractivity contribution is -0.109. The molecular weight excluding hydrogens is 178 g/mol. The van der Waals surface area contributed by atoms with Crippen molar-refractivity contribution in [2.75, 3.05) is 6.54 Å². The van der Waals surface area contributed by atoms with Gasteiger partial charge in [0.2, 0.25) is 6.41 Å². The molecule has 2 N–H and O–H groups in total. The van der Waals surface area contributed by atoms with Crippen molar-refractivity contribution in [3.05, 3.63) is 35.9 Å². The number of aliphatic hydroxyl groups is 1. The zero-order valence-corrected chi connectivity index (χ0v) is 8.60. The van der Waals surface area contributed by atoms with Crippen LogP contribution in [0.4, 0.5) is 0 Å². The summed E-state index contributed by atoms with van der Waals surface area (Å²) in [5, 5.41) is 11.5. The lowest BCUT2D eigenvalue weighted by Crippen LogP contribution is -2.07. The molecule has 0 fully saturated rings. The summed E-state index contributed by atoms with van der Waals surface area (Å²) < 4.78 is 0. The molecule has 1 rings (SSSR count). The first-order chi connectivity index (χ1) is 6.72. The first-order valence-corrected chi connectivity index (χ1v) is 4.62. The summed E-state index contributed by atoms with van der Waals surface area (Å²) in [4.78, 5) is 9.29. The van der Waals surface area contributed by atoms with Crippen molar-refractivity contribution in [1.82, 2.24) is 5.32 Å². The Balaban J connectivity index is 0.000000292. The fraction of sp³-hybridized carbons (Fsp3) is 0.364. The van der Waals surface area contributed by atoms with E-state index in [9.17, 15) is 4.79 Å². The van der Waals surface area contributed by atoms with E-state index < -0.39 is 0 Å². The number of aliphatic hydroxyl groups excluding tert-OH is 1. The predicted octanol–water partition coefficient (Wildman–Crippen LogP) is 1.49. The minimum atomic E-state index is -0.341. The maximum atomic E-state index is 9.29. The van der Waals surface area contributed by atoms with Crippen molar-refractivity contribution in [2.45, 2.75) is 20.0 Å². The Morgan fingerprint density at radius 1 is 1.43 bits per heavy atom. The van der Waals surface area contributed by atoms with Crippen LogP contribution in [-0.2, 0) is 4.79 Å². The smallest absolute Gasteiger partial charge is 0.207 e. The van der Waals surface area contributed by atoms with E-state index in [2.05, 4.69) is 5.32 Å². The first-order valence-electron chi connectivity index (χ1n) is 4.62. The highest BCUT2D eigenvalue weighted by molar-refractivity contribution is 5.45. The number of carbonyl (C=O) groups is 1. The SMILES string of the molecule is CC(O)c1ccccc1.CCNC=O. The molecule has 0 aromatic heterocycles. The van der Waals surface area contributed by atoms with Crippen molar-refractivity contribution < 1.29 is 9.90 Å². The third kappa shape index (κ3) is 6.20. The van der Waals surface area contributed by atoms with Crippen LogP contribution in [0.2, 0.25) is 0 Å². The van der Waals surface area contributed by atoms with E-state index in [1.165, 1.54) is 0 Å². The van der Waals surface area contributed by atoms with Gasteiger partial charge in [0.25, 0.3) is 0 Å². The molecule has 0 heterocycles. The number of hydrogen-bond acceptors (Lipinski definition) is 2. The van der Waals surface area contributed by atoms with E-state index in [1.54, 1.807) is 6.92 Å². The summed E-state index contributed by atoms with van der Waals surface area (Å²) in [5.74, 6) is 0. The van der Waals surface area contributed by atoms with Crippen LogP contribution in [0.15, 0.2) is 30.3 Å². The second-order valence-electron chi connectivity index (χ2n) is 2.76. The van der Waals surface area contributed by atoms with E-state index >= 15 is 0 Å². The van der Waals surface area contributed by atoms with E-state index in [4.69, 9.17) is 5.11 Å². The molecule has 0 aliphatic carbocycles. The molecule has 14 heavy (non-hydrogen) atoms. The predicted molar refractivity (Wildman–Crippen MR) is 56.8 cm³/mol. The maximum Gasteiger partial charge on any atom is 0.207 e. The summed E-state index contributed by atoms with van der Waals surface area (Å²) in [6.45, 7) is 4.35. The molecule has 1 unspecified atom stereocenters.